The highest BCUT2D eigenvalue weighted by molar-refractivity contribution is 5.96. The van der Waals surface area contributed by atoms with Crippen molar-refractivity contribution in [3.05, 3.63) is 60.3 Å². The molecule has 0 aliphatic carbocycles. The largest absolute Gasteiger partial charge is 0.497 e. The Morgan fingerprint density at radius 2 is 1.70 bits per heavy atom. The van der Waals surface area contributed by atoms with Gasteiger partial charge in [0, 0.05) is 37.0 Å². The molecule has 0 aliphatic heterocycles. The molecule has 170 valence electrons. The number of nitrogens with one attached hydrogen (secondary N) is 1. The van der Waals surface area contributed by atoms with Crippen LogP contribution in [0.4, 0.5) is 5.69 Å². The third kappa shape index (κ3) is 4.59. The molecule has 1 N–H and O–H groups in total. The van der Waals surface area contributed by atoms with E-state index >= 15 is 0 Å². The van der Waals surface area contributed by atoms with Crippen molar-refractivity contribution in [2.24, 2.45) is 7.05 Å². The van der Waals surface area contributed by atoms with Gasteiger partial charge in [-0.25, -0.2) is 0 Å². The van der Waals surface area contributed by atoms with Gasteiger partial charge < -0.3 is 19.5 Å². The van der Waals surface area contributed by atoms with Gasteiger partial charge in [-0.3, -0.25) is 9.48 Å². The van der Waals surface area contributed by atoms with Gasteiger partial charge in [0.15, 0.2) is 11.8 Å². The first-order chi connectivity index (χ1) is 15.9. The van der Waals surface area contributed by atoms with Crippen molar-refractivity contribution in [1.82, 2.24) is 14.8 Å². The number of benzene rings is 2. The summed E-state index contributed by atoms with van der Waals surface area (Å²) in [6.45, 7) is 3.63. The molecule has 0 saturated carbocycles. The predicted molar refractivity (Wildman–Crippen MR) is 127 cm³/mol. The summed E-state index contributed by atoms with van der Waals surface area (Å²) in [5.41, 5.74) is 4.08. The summed E-state index contributed by atoms with van der Waals surface area (Å²) < 4.78 is 18.2. The number of anilines is 1. The summed E-state index contributed by atoms with van der Waals surface area (Å²) in [6, 6.07) is 17.0. The molecule has 8 nitrogen and oxygen atoms in total. The van der Waals surface area contributed by atoms with Crippen LogP contribution >= 0.6 is 0 Å². The average molecular weight is 447 g/mol. The summed E-state index contributed by atoms with van der Waals surface area (Å²) in [6.07, 6.45) is -0.801. The van der Waals surface area contributed by atoms with Crippen molar-refractivity contribution in [2.75, 3.05) is 19.5 Å². The van der Waals surface area contributed by atoms with E-state index in [4.69, 9.17) is 14.2 Å². The number of aryl methyl sites for hydroxylation is 2. The molecule has 0 bridgehead atoms. The van der Waals surface area contributed by atoms with E-state index in [1.807, 2.05) is 50.4 Å². The molecule has 0 radical (unpaired) electrons. The maximum Gasteiger partial charge on any atom is 0.265 e. The van der Waals surface area contributed by atoms with Gasteiger partial charge in [-0.05, 0) is 25.0 Å². The molecule has 4 aromatic rings. The van der Waals surface area contributed by atoms with E-state index in [1.165, 1.54) is 0 Å². The van der Waals surface area contributed by atoms with Gasteiger partial charge in [0.25, 0.3) is 5.91 Å². The predicted octanol–water partition coefficient (Wildman–Crippen LogP) is 4.37. The average Bonchev–Trinajstić information content (AvgIpc) is 3.11. The molecular weight excluding hydrogens is 420 g/mol. The third-order valence-electron chi connectivity index (χ3n) is 5.32. The highest BCUT2D eigenvalue weighted by Gasteiger charge is 2.20. The number of nitrogens with zero attached hydrogens (tertiary/aromatic N) is 3. The van der Waals surface area contributed by atoms with E-state index in [0.29, 0.717) is 28.7 Å². The maximum absolute atomic E-state index is 12.8. The Balaban J connectivity index is 1.62. The molecule has 1 atom stereocenters. The summed E-state index contributed by atoms with van der Waals surface area (Å²) in [4.78, 5) is 17.5. The van der Waals surface area contributed by atoms with Crippen molar-refractivity contribution >= 4 is 22.6 Å². The lowest BCUT2D eigenvalue weighted by Gasteiger charge is -2.16. The van der Waals surface area contributed by atoms with Crippen LogP contribution in [0.25, 0.3) is 22.2 Å². The Morgan fingerprint density at radius 1 is 1.03 bits per heavy atom. The first-order valence-electron chi connectivity index (χ1n) is 10.5. The number of hydrogen-bond donors (Lipinski definition) is 1. The quantitative estimate of drug-likeness (QED) is 0.454. The molecule has 0 aliphatic rings. The zero-order valence-corrected chi connectivity index (χ0v) is 19.2. The number of carbonyl (C=O) groups is 1. The normalized spacial score (nSPS) is 11.8. The van der Waals surface area contributed by atoms with Gasteiger partial charge in [-0.15, -0.1) is 0 Å². The number of rotatable bonds is 7. The number of hydrogen-bond acceptors (Lipinski definition) is 6. The molecule has 8 heteroatoms. The lowest BCUT2D eigenvalue weighted by atomic mass is 10.0. The van der Waals surface area contributed by atoms with Gasteiger partial charge >= 0.3 is 0 Å². The molecule has 4 rings (SSSR count). The second kappa shape index (κ2) is 9.20. The Labute approximate surface area is 192 Å². The monoisotopic (exact) mass is 446 g/mol. The second-order valence-electron chi connectivity index (χ2n) is 7.63. The van der Waals surface area contributed by atoms with Gasteiger partial charge in [-0.2, -0.15) is 10.1 Å². The Kier molecular flexibility index (Phi) is 6.17. The first kappa shape index (κ1) is 22.1. The highest BCUT2D eigenvalue weighted by atomic mass is 16.5. The zero-order chi connectivity index (χ0) is 23.5. The first-order valence-corrected chi connectivity index (χ1v) is 10.5. The van der Waals surface area contributed by atoms with Crippen molar-refractivity contribution in [3.8, 4) is 28.5 Å². The van der Waals surface area contributed by atoms with Crippen molar-refractivity contribution < 1.29 is 19.0 Å². The number of fused-ring (bicyclic) bond motifs is 1. The zero-order valence-electron chi connectivity index (χ0n) is 19.2. The van der Waals surface area contributed by atoms with Crippen LogP contribution in [0.5, 0.6) is 17.4 Å². The van der Waals surface area contributed by atoms with Gasteiger partial charge in [-0.1, -0.05) is 30.3 Å². The van der Waals surface area contributed by atoms with Crippen LogP contribution in [-0.2, 0) is 11.8 Å². The topological polar surface area (TPSA) is 87.5 Å². The van der Waals surface area contributed by atoms with Crippen LogP contribution in [0.1, 0.15) is 12.6 Å². The minimum atomic E-state index is -0.801. The molecule has 0 unspecified atom stereocenters. The minimum Gasteiger partial charge on any atom is -0.497 e. The number of methoxy groups -OCH3 is 2. The number of aromatic nitrogens is 3. The SMILES string of the molecule is COc1cc(NC(=O)[C@H](C)Oc2cc(-c3ccccc3)c3c(C)nn(C)c3n2)cc(OC)c1. The third-order valence-corrected chi connectivity index (χ3v) is 5.32. The molecule has 33 heavy (non-hydrogen) atoms. The van der Waals surface area contributed by atoms with Crippen molar-refractivity contribution in [2.45, 2.75) is 20.0 Å². The molecule has 0 spiro atoms. The second-order valence-corrected chi connectivity index (χ2v) is 7.63. The molecule has 2 aromatic heterocycles. The molecule has 1 amide bonds. The minimum absolute atomic E-state index is 0.324. The number of ether oxygens (including phenoxy) is 3. The summed E-state index contributed by atoms with van der Waals surface area (Å²) in [7, 11) is 4.95. The maximum atomic E-state index is 12.8. The van der Waals surface area contributed by atoms with E-state index in [-0.39, 0.29) is 5.91 Å². The molecule has 2 heterocycles. The van der Waals surface area contributed by atoms with Crippen molar-refractivity contribution in [3.63, 3.8) is 0 Å². The lowest BCUT2D eigenvalue weighted by molar-refractivity contribution is -0.122. The highest BCUT2D eigenvalue weighted by Crippen LogP contribution is 2.33. The van der Waals surface area contributed by atoms with E-state index < -0.39 is 6.10 Å². The van der Waals surface area contributed by atoms with Crippen LogP contribution in [0, 0.1) is 6.92 Å². The number of amides is 1. The van der Waals surface area contributed by atoms with Crippen LogP contribution in [0.3, 0.4) is 0 Å². The fraction of sp³-hybridized carbons (Fsp3) is 0.240. The number of carbonyl (C=O) groups excluding carboxylic acids is 1. The Hall–Kier alpha value is -4.07. The Bertz CT molecular complexity index is 1280. The van der Waals surface area contributed by atoms with Crippen LogP contribution < -0.4 is 19.5 Å². The standard InChI is InChI=1S/C25H26N4O4/c1-15-23-21(17-9-7-6-8-10-17)14-22(27-24(23)29(3)28-15)33-16(2)25(30)26-18-11-19(31-4)13-20(12-18)32-5/h6-14,16H,1-5H3,(H,26,30)/t16-/m0/s1. The van der Waals surface area contributed by atoms with Crippen molar-refractivity contribution in [1.29, 1.82) is 0 Å². The van der Waals surface area contributed by atoms with Gasteiger partial charge in [0.05, 0.1) is 25.3 Å². The lowest BCUT2D eigenvalue weighted by Crippen LogP contribution is -2.30. The fourth-order valence-corrected chi connectivity index (χ4v) is 3.69. The van der Waals surface area contributed by atoms with Crippen LogP contribution in [-0.4, -0.2) is 41.0 Å². The Morgan fingerprint density at radius 3 is 2.33 bits per heavy atom. The van der Waals surface area contributed by atoms with E-state index in [2.05, 4.69) is 15.4 Å². The van der Waals surface area contributed by atoms with E-state index in [9.17, 15) is 4.79 Å². The van der Waals surface area contributed by atoms with Crippen LogP contribution in [0.15, 0.2) is 54.6 Å². The van der Waals surface area contributed by atoms with E-state index in [0.717, 1.165) is 22.2 Å². The summed E-state index contributed by atoms with van der Waals surface area (Å²) in [5.74, 6) is 1.17. The smallest absolute Gasteiger partial charge is 0.265 e. The summed E-state index contributed by atoms with van der Waals surface area (Å²) in [5, 5.41) is 8.31. The molecular formula is C25H26N4O4. The molecule has 2 aromatic carbocycles. The van der Waals surface area contributed by atoms with Gasteiger partial charge in [0.2, 0.25) is 5.88 Å². The molecule has 0 saturated heterocycles. The number of pyridine rings is 1. The van der Waals surface area contributed by atoms with Crippen LogP contribution in [0.2, 0.25) is 0 Å². The fourth-order valence-electron chi connectivity index (χ4n) is 3.69. The summed E-state index contributed by atoms with van der Waals surface area (Å²) >= 11 is 0. The van der Waals surface area contributed by atoms with E-state index in [1.54, 1.807) is 44.0 Å². The van der Waals surface area contributed by atoms with Gasteiger partial charge in [0.1, 0.15) is 11.5 Å². The molecule has 0 fully saturated rings.